The molecule has 0 saturated heterocycles. The van der Waals surface area contributed by atoms with Crippen LogP contribution in [0.25, 0.3) is 11.3 Å². The molecule has 112 valence electrons. The number of carbonyl (C=O) groups excluding carboxylic acids is 1. The summed E-state index contributed by atoms with van der Waals surface area (Å²) in [5.41, 5.74) is 1.83. The quantitative estimate of drug-likeness (QED) is 0.656. The van der Waals surface area contributed by atoms with Crippen LogP contribution in [0.15, 0.2) is 41.7 Å². The SMILES string of the molecule is CCN(CC)C(=O)CSc1nc(-c2ccccc2)cn1N. The number of imidazole rings is 1. The van der Waals surface area contributed by atoms with Gasteiger partial charge in [0.25, 0.3) is 0 Å². The molecule has 6 heteroatoms. The maximum Gasteiger partial charge on any atom is 0.233 e. The smallest absolute Gasteiger partial charge is 0.233 e. The van der Waals surface area contributed by atoms with Crippen molar-refractivity contribution < 1.29 is 4.79 Å². The number of aromatic nitrogens is 2. The highest BCUT2D eigenvalue weighted by Gasteiger charge is 2.13. The molecule has 0 fully saturated rings. The minimum Gasteiger partial charge on any atom is -0.343 e. The highest BCUT2D eigenvalue weighted by Crippen LogP contribution is 2.22. The Morgan fingerprint density at radius 3 is 2.57 bits per heavy atom. The summed E-state index contributed by atoms with van der Waals surface area (Å²) in [6, 6.07) is 9.85. The zero-order valence-electron chi connectivity index (χ0n) is 12.3. The third-order valence-electron chi connectivity index (χ3n) is 3.21. The van der Waals surface area contributed by atoms with Crippen LogP contribution in [0.2, 0.25) is 0 Å². The van der Waals surface area contributed by atoms with Gasteiger partial charge in [-0.2, -0.15) is 0 Å². The molecule has 1 amide bonds. The number of nitrogen functional groups attached to an aromatic ring is 1. The van der Waals surface area contributed by atoms with Crippen LogP contribution in [-0.2, 0) is 4.79 Å². The molecule has 5 nitrogen and oxygen atoms in total. The van der Waals surface area contributed by atoms with E-state index in [1.165, 1.54) is 16.4 Å². The van der Waals surface area contributed by atoms with Crippen LogP contribution in [0.5, 0.6) is 0 Å². The number of nitrogens with two attached hydrogens (primary N) is 1. The maximum atomic E-state index is 12.0. The van der Waals surface area contributed by atoms with Crippen molar-refractivity contribution in [3.8, 4) is 11.3 Å². The van der Waals surface area contributed by atoms with Crippen molar-refractivity contribution in [3.05, 3.63) is 36.5 Å². The van der Waals surface area contributed by atoms with Crippen molar-refractivity contribution >= 4 is 17.7 Å². The first kappa shape index (κ1) is 15.4. The number of hydrogen-bond donors (Lipinski definition) is 1. The maximum absolute atomic E-state index is 12.0. The van der Waals surface area contributed by atoms with Gasteiger partial charge in [0.05, 0.1) is 17.6 Å². The van der Waals surface area contributed by atoms with Crippen molar-refractivity contribution in [2.24, 2.45) is 0 Å². The van der Waals surface area contributed by atoms with E-state index in [1.807, 2.05) is 44.2 Å². The summed E-state index contributed by atoms with van der Waals surface area (Å²) >= 11 is 1.37. The number of hydrogen-bond acceptors (Lipinski definition) is 4. The summed E-state index contributed by atoms with van der Waals surface area (Å²) in [7, 11) is 0. The van der Waals surface area contributed by atoms with Gasteiger partial charge in [-0.05, 0) is 13.8 Å². The average molecular weight is 304 g/mol. The molecule has 2 N–H and O–H groups in total. The lowest BCUT2D eigenvalue weighted by molar-refractivity contribution is -0.127. The van der Waals surface area contributed by atoms with Crippen LogP contribution >= 0.6 is 11.8 Å². The van der Waals surface area contributed by atoms with Gasteiger partial charge in [-0.25, -0.2) is 9.66 Å². The third kappa shape index (κ3) is 3.78. The lowest BCUT2D eigenvalue weighted by Gasteiger charge is -2.17. The van der Waals surface area contributed by atoms with Gasteiger partial charge in [-0.3, -0.25) is 4.79 Å². The molecule has 2 rings (SSSR count). The second-order valence-electron chi connectivity index (χ2n) is 4.54. The van der Waals surface area contributed by atoms with E-state index < -0.39 is 0 Å². The molecular formula is C15H20N4OS. The van der Waals surface area contributed by atoms with Gasteiger partial charge in [0, 0.05) is 18.7 Å². The third-order valence-corrected chi connectivity index (χ3v) is 4.16. The summed E-state index contributed by atoms with van der Waals surface area (Å²) in [5.74, 6) is 6.37. The van der Waals surface area contributed by atoms with E-state index in [0.29, 0.717) is 10.9 Å². The van der Waals surface area contributed by atoms with Crippen LogP contribution in [0.1, 0.15) is 13.8 Å². The van der Waals surface area contributed by atoms with Crippen LogP contribution < -0.4 is 5.84 Å². The van der Waals surface area contributed by atoms with E-state index in [-0.39, 0.29) is 5.91 Å². The first-order valence-corrected chi connectivity index (χ1v) is 7.94. The average Bonchev–Trinajstić information content (AvgIpc) is 2.88. The van der Waals surface area contributed by atoms with E-state index in [1.54, 1.807) is 11.1 Å². The van der Waals surface area contributed by atoms with Gasteiger partial charge in [-0.1, -0.05) is 42.1 Å². The standard InChI is InChI=1S/C15H20N4OS/c1-3-18(4-2)14(20)11-21-15-17-13(10-19(15)16)12-8-6-5-7-9-12/h5-10H,3-4,11,16H2,1-2H3. The number of nitrogens with zero attached hydrogens (tertiary/aromatic N) is 3. The van der Waals surface area contributed by atoms with Gasteiger partial charge in [0.15, 0.2) is 5.16 Å². The van der Waals surface area contributed by atoms with E-state index >= 15 is 0 Å². The van der Waals surface area contributed by atoms with Crippen LogP contribution in [0.4, 0.5) is 0 Å². The molecule has 1 aromatic carbocycles. The van der Waals surface area contributed by atoms with Gasteiger partial charge in [0.2, 0.25) is 5.91 Å². The minimum atomic E-state index is 0.106. The Morgan fingerprint density at radius 2 is 1.95 bits per heavy atom. The second-order valence-corrected chi connectivity index (χ2v) is 5.48. The van der Waals surface area contributed by atoms with Gasteiger partial charge in [-0.15, -0.1) is 0 Å². The van der Waals surface area contributed by atoms with Gasteiger partial charge < -0.3 is 10.7 Å². The predicted molar refractivity (Wildman–Crippen MR) is 86.5 cm³/mol. The van der Waals surface area contributed by atoms with Crippen molar-refractivity contribution in [2.75, 3.05) is 24.7 Å². The molecular weight excluding hydrogens is 284 g/mol. The summed E-state index contributed by atoms with van der Waals surface area (Å²) in [5, 5.41) is 0.648. The Morgan fingerprint density at radius 1 is 1.29 bits per heavy atom. The summed E-state index contributed by atoms with van der Waals surface area (Å²) in [4.78, 5) is 18.3. The summed E-state index contributed by atoms with van der Waals surface area (Å²) in [6.07, 6.45) is 1.78. The van der Waals surface area contributed by atoms with Crippen molar-refractivity contribution in [1.82, 2.24) is 14.6 Å². The molecule has 0 aliphatic rings. The van der Waals surface area contributed by atoms with Crippen molar-refractivity contribution in [2.45, 2.75) is 19.0 Å². The Kier molecular flexibility index (Phi) is 5.27. The Balaban J connectivity index is 2.05. The molecule has 2 aromatic rings. The minimum absolute atomic E-state index is 0.106. The monoisotopic (exact) mass is 304 g/mol. The molecule has 0 aliphatic heterocycles. The Hall–Kier alpha value is -1.95. The molecule has 0 unspecified atom stereocenters. The molecule has 0 radical (unpaired) electrons. The molecule has 0 spiro atoms. The zero-order valence-corrected chi connectivity index (χ0v) is 13.1. The second kappa shape index (κ2) is 7.17. The van der Waals surface area contributed by atoms with Crippen LogP contribution in [0.3, 0.4) is 0 Å². The summed E-state index contributed by atoms with van der Waals surface area (Å²) < 4.78 is 1.47. The van der Waals surface area contributed by atoms with Gasteiger partial charge >= 0.3 is 0 Å². The van der Waals surface area contributed by atoms with Crippen molar-refractivity contribution in [1.29, 1.82) is 0 Å². The Bertz CT molecular complexity index is 593. The molecule has 21 heavy (non-hydrogen) atoms. The van der Waals surface area contributed by atoms with Crippen LogP contribution in [0, 0.1) is 0 Å². The number of carbonyl (C=O) groups is 1. The normalized spacial score (nSPS) is 10.6. The molecule has 0 bridgehead atoms. The fraction of sp³-hybridized carbons (Fsp3) is 0.333. The molecule has 0 aliphatic carbocycles. The number of benzene rings is 1. The lowest BCUT2D eigenvalue weighted by Crippen LogP contribution is -2.32. The highest BCUT2D eigenvalue weighted by atomic mass is 32.2. The van der Waals surface area contributed by atoms with Crippen LogP contribution in [-0.4, -0.2) is 39.3 Å². The first-order chi connectivity index (χ1) is 10.2. The fourth-order valence-electron chi connectivity index (χ4n) is 2.03. The fourth-order valence-corrected chi connectivity index (χ4v) is 2.83. The molecule has 0 saturated carbocycles. The van der Waals surface area contributed by atoms with Crippen molar-refractivity contribution in [3.63, 3.8) is 0 Å². The van der Waals surface area contributed by atoms with E-state index in [4.69, 9.17) is 5.84 Å². The highest BCUT2D eigenvalue weighted by molar-refractivity contribution is 7.99. The zero-order chi connectivity index (χ0) is 15.2. The largest absolute Gasteiger partial charge is 0.343 e. The first-order valence-electron chi connectivity index (χ1n) is 6.96. The number of rotatable bonds is 6. The predicted octanol–water partition coefficient (Wildman–Crippen LogP) is 2.22. The molecule has 1 heterocycles. The Labute approximate surface area is 129 Å². The number of thioether (sulfide) groups is 1. The van der Waals surface area contributed by atoms with E-state index in [0.717, 1.165) is 24.3 Å². The number of amides is 1. The lowest BCUT2D eigenvalue weighted by atomic mass is 10.2. The van der Waals surface area contributed by atoms with Gasteiger partial charge in [0.1, 0.15) is 0 Å². The summed E-state index contributed by atoms with van der Waals surface area (Å²) in [6.45, 7) is 5.40. The van der Waals surface area contributed by atoms with E-state index in [9.17, 15) is 4.79 Å². The van der Waals surface area contributed by atoms with E-state index in [2.05, 4.69) is 4.98 Å². The molecule has 0 atom stereocenters. The topological polar surface area (TPSA) is 64.2 Å². The molecule has 1 aromatic heterocycles.